The number of amides is 1. The van der Waals surface area contributed by atoms with Crippen molar-refractivity contribution in [1.29, 1.82) is 0 Å². The van der Waals surface area contributed by atoms with Crippen LogP contribution in [0.4, 0.5) is 5.69 Å². The maximum atomic E-state index is 11.6. The van der Waals surface area contributed by atoms with E-state index in [1.165, 1.54) is 14.2 Å². The first-order valence-corrected chi connectivity index (χ1v) is 4.65. The van der Waals surface area contributed by atoms with E-state index in [1.807, 2.05) is 0 Å². The van der Waals surface area contributed by atoms with Crippen molar-refractivity contribution in [3.05, 3.63) is 15.8 Å². The minimum atomic E-state index is -0.729. The van der Waals surface area contributed by atoms with E-state index in [0.717, 1.165) is 0 Å². The predicted octanol–water partition coefficient (Wildman–Crippen LogP) is -0.297. The van der Waals surface area contributed by atoms with Crippen LogP contribution in [0.25, 0.3) is 0 Å². The predicted molar refractivity (Wildman–Crippen MR) is 56.0 cm³/mol. The van der Waals surface area contributed by atoms with Crippen LogP contribution in [0.2, 0.25) is 0 Å². The number of carbonyl (C=O) groups is 1. The highest BCUT2D eigenvalue weighted by atomic mass is 16.6. The van der Waals surface area contributed by atoms with Crippen LogP contribution in [0.1, 0.15) is 10.5 Å². The molecule has 0 aliphatic rings. The lowest BCUT2D eigenvalue weighted by Crippen LogP contribution is -2.27. The van der Waals surface area contributed by atoms with Crippen molar-refractivity contribution in [2.24, 2.45) is 0 Å². The molecule has 9 heteroatoms. The van der Waals surface area contributed by atoms with Crippen LogP contribution >= 0.6 is 0 Å². The number of aromatic amines is 1. The van der Waals surface area contributed by atoms with Gasteiger partial charge in [-0.3, -0.25) is 20.0 Å². The Morgan fingerprint density at radius 3 is 2.82 bits per heavy atom. The van der Waals surface area contributed by atoms with Crippen LogP contribution in [-0.4, -0.2) is 48.4 Å². The molecule has 1 aromatic rings. The van der Waals surface area contributed by atoms with Crippen molar-refractivity contribution in [3.63, 3.8) is 0 Å². The fourth-order valence-corrected chi connectivity index (χ4v) is 1.14. The molecule has 2 N–H and O–H groups in total. The molecule has 94 valence electrons. The summed E-state index contributed by atoms with van der Waals surface area (Å²) < 4.78 is 9.41. The van der Waals surface area contributed by atoms with E-state index in [4.69, 9.17) is 4.74 Å². The number of methoxy groups -OCH3 is 2. The highest BCUT2D eigenvalue weighted by molar-refractivity contribution is 5.97. The number of H-pyrrole nitrogens is 1. The number of hydrogen-bond acceptors (Lipinski definition) is 6. The largest absolute Gasteiger partial charge is 0.475 e. The summed E-state index contributed by atoms with van der Waals surface area (Å²) in [6.07, 6.45) is 0. The molecule has 1 aromatic heterocycles. The smallest absolute Gasteiger partial charge is 0.362 e. The second-order valence-corrected chi connectivity index (χ2v) is 2.96. The lowest BCUT2D eigenvalue weighted by molar-refractivity contribution is -0.386. The first kappa shape index (κ1) is 12.9. The first-order chi connectivity index (χ1) is 8.11. The number of nitrogens with one attached hydrogen (secondary N) is 2. The van der Waals surface area contributed by atoms with Gasteiger partial charge in [0.05, 0.1) is 18.6 Å². The summed E-state index contributed by atoms with van der Waals surface area (Å²) in [7, 11) is 2.71. The summed E-state index contributed by atoms with van der Waals surface area (Å²) in [5.74, 6) is -0.864. The molecular formula is C8H12N4O5. The lowest BCUT2D eigenvalue weighted by atomic mass is 10.3. The molecule has 1 rings (SSSR count). The second-order valence-electron chi connectivity index (χ2n) is 2.96. The van der Waals surface area contributed by atoms with E-state index >= 15 is 0 Å². The zero-order chi connectivity index (χ0) is 12.8. The Morgan fingerprint density at radius 2 is 2.29 bits per heavy atom. The Hall–Kier alpha value is -2.16. The van der Waals surface area contributed by atoms with Gasteiger partial charge >= 0.3 is 11.6 Å². The van der Waals surface area contributed by atoms with Gasteiger partial charge < -0.3 is 14.8 Å². The van der Waals surface area contributed by atoms with Crippen LogP contribution in [0, 0.1) is 10.1 Å². The highest BCUT2D eigenvalue weighted by Gasteiger charge is 2.29. The van der Waals surface area contributed by atoms with E-state index in [0.29, 0.717) is 6.61 Å². The Labute approximate surface area is 96.2 Å². The maximum absolute atomic E-state index is 11.6. The number of aromatic nitrogens is 2. The molecule has 9 nitrogen and oxygen atoms in total. The topological polar surface area (TPSA) is 119 Å². The molecule has 0 aliphatic heterocycles. The van der Waals surface area contributed by atoms with Gasteiger partial charge in [0, 0.05) is 13.7 Å². The van der Waals surface area contributed by atoms with Gasteiger partial charge in [-0.1, -0.05) is 0 Å². The normalized spacial score (nSPS) is 10.0. The van der Waals surface area contributed by atoms with Crippen LogP contribution in [0.15, 0.2) is 0 Å². The highest BCUT2D eigenvalue weighted by Crippen LogP contribution is 2.27. The molecule has 17 heavy (non-hydrogen) atoms. The third kappa shape index (κ3) is 2.91. The average Bonchev–Trinajstić information content (AvgIpc) is 2.72. The number of ether oxygens (including phenoxy) is 2. The number of nitro groups is 1. The number of rotatable bonds is 6. The molecule has 0 unspecified atom stereocenters. The molecule has 1 amide bonds. The zero-order valence-corrected chi connectivity index (χ0v) is 9.35. The number of nitrogens with zero attached hydrogens (tertiary/aromatic N) is 2. The molecule has 0 atom stereocenters. The van der Waals surface area contributed by atoms with Crippen LogP contribution in [-0.2, 0) is 4.74 Å². The van der Waals surface area contributed by atoms with Gasteiger partial charge in [-0.2, -0.15) is 0 Å². The van der Waals surface area contributed by atoms with Crippen molar-refractivity contribution in [2.45, 2.75) is 0 Å². The first-order valence-electron chi connectivity index (χ1n) is 4.65. The number of hydrogen-bond donors (Lipinski definition) is 2. The van der Waals surface area contributed by atoms with Crippen molar-refractivity contribution < 1.29 is 19.2 Å². The van der Waals surface area contributed by atoms with Gasteiger partial charge in [0.15, 0.2) is 0 Å². The summed E-state index contributed by atoms with van der Waals surface area (Å²) in [6, 6.07) is 0. The lowest BCUT2D eigenvalue weighted by Gasteiger charge is -2.01. The van der Waals surface area contributed by atoms with Gasteiger partial charge in [0.25, 0.3) is 5.91 Å². The van der Waals surface area contributed by atoms with Gasteiger partial charge in [0.2, 0.25) is 5.69 Å². The van der Waals surface area contributed by atoms with Crippen molar-refractivity contribution in [1.82, 2.24) is 15.5 Å². The third-order valence-electron chi connectivity index (χ3n) is 1.90. The van der Waals surface area contributed by atoms with Gasteiger partial charge in [-0.15, -0.1) is 5.10 Å². The van der Waals surface area contributed by atoms with Gasteiger partial charge in [-0.05, 0) is 0 Å². The molecule has 0 fully saturated rings. The minimum Gasteiger partial charge on any atom is -0.475 e. The van der Waals surface area contributed by atoms with Gasteiger partial charge in [0.1, 0.15) is 0 Å². The summed E-state index contributed by atoms with van der Waals surface area (Å²) in [6.45, 7) is 0.554. The van der Waals surface area contributed by atoms with Crippen molar-refractivity contribution in [3.8, 4) is 5.88 Å². The average molecular weight is 244 g/mol. The molecular weight excluding hydrogens is 232 g/mol. The fourth-order valence-electron chi connectivity index (χ4n) is 1.14. The van der Waals surface area contributed by atoms with Crippen molar-refractivity contribution >= 4 is 11.6 Å². The standard InChI is InChI=1S/C8H12N4O5/c1-16-4-3-9-7(13)5-6(12(14)15)8(17-2)11-10-5/h3-4H2,1-2H3,(H,9,13)(H,10,11). The summed E-state index contributed by atoms with van der Waals surface area (Å²) >= 11 is 0. The molecule has 0 spiro atoms. The van der Waals surface area contributed by atoms with Crippen LogP contribution < -0.4 is 10.1 Å². The van der Waals surface area contributed by atoms with Gasteiger partial charge in [-0.25, -0.2) is 0 Å². The maximum Gasteiger partial charge on any atom is 0.362 e. The zero-order valence-electron chi connectivity index (χ0n) is 9.35. The van der Waals surface area contributed by atoms with E-state index in [9.17, 15) is 14.9 Å². The molecule has 0 aliphatic carbocycles. The molecule has 0 saturated carbocycles. The third-order valence-corrected chi connectivity index (χ3v) is 1.90. The Bertz CT molecular complexity index is 416. The quantitative estimate of drug-likeness (QED) is 0.403. The fraction of sp³-hybridized carbons (Fsp3) is 0.500. The Balaban J connectivity index is 2.86. The van der Waals surface area contributed by atoms with Crippen LogP contribution in [0.3, 0.4) is 0 Å². The molecule has 0 aromatic carbocycles. The SMILES string of the molecule is COCCNC(=O)c1[nH]nc(OC)c1[N+](=O)[O-]. The Morgan fingerprint density at radius 1 is 1.59 bits per heavy atom. The molecule has 1 heterocycles. The van der Waals surface area contributed by atoms with Crippen molar-refractivity contribution in [2.75, 3.05) is 27.4 Å². The van der Waals surface area contributed by atoms with E-state index in [1.54, 1.807) is 0 Å². The Kier molecular flexibility index (Phi) is 4.40. The molecule has 0 bridgehead atoms. The second kappa shape index (κ2) is 5.80. The summed E-state index contributed by atoms with van der Waals surface area (Å²) in [5.41, 5.74) is -0.731. The van der Waals surface area contributed by atoms with Crippen LogP contribution in [0.5, 0.6) is 5.88 Å². The molecule has 0 saturated heterocycles. The number of carbonyl (C=O) groups excluding carboxylic acids is 1. The minimum absolute atomic E-state index is 0.230. The summed E-state index contributed by atoms with van der Waals surface area (Å²) in [4.78, 5) is 21.6. The monoisotopic (exact) mass is 244 g/mol. The van der Waals surface area contributed by atoms with E-state index in [-0.39, 0.29) is 18.1 Å². The van der Waals surface area contributed by atoms with E-state index in [2.05, 4.69) is 20.3 Å². The summed E-state index contributed by atoms with van der Waals surface area (Å²) in [5, 5.41) is 19.0. The molecule has 0 radical (unpaired) electrons. The van der Waals surface area contributed by atoms with E-state index < -0.39 is 16.5 Å².